The molecule has 1 unspecified atom stereocenters. The average molecular weight is 413 g/mol. The molecule has 0 aliphatic carbocycles. The first-order chi connectivity index (χ1) is 14.3. The number of β-amino-alcohol motifs (C(OH)–C–C–N with tert-alkyl or cyclic N) is 1. The van der Waals surface area contributed by atoms with Gasteiger partial charge in [0.2, 0.25) is 5.91 Å². The van der Waals surface area contributed by atoms with Crippen LogP contribution in [0.4, 0.5) is 11.4 Å². The molecular formula is C24H32N2O4. The smallest absolute Gasteiger partial charge is 0.224 e. The molecule has 2 aromatic rings. The first kappa shape index (κ1) is 22.1. The van der Waals surface area contributed by atoms with Gasteiger partial charge in [-0.05, 0) is 41.2 Å². The third-order valence-electron chi connectivity index (χ3n) is 5.34. The van der Waals surface area contributed by atoms with Crippen LogP contribution in [0.15, 0.2) is 42.5 Å². The van der Waals surface area contributed by atoms with Crippen LogP contribution < -0.4 is 15.0 Å². The van der Waals surface area contributed by atoms with E-state index in [9.17, 15) is 15.0 Å². The topological polar surface area (TPSA) is 82.0 Å². The highest BCUT2D eigenvalue weighted by atomic mass is 16.5. The van der Waals surface area contributed by atoms with Gasteiger partial charge in [0, 0.05) is 18.7 Å². The molecule has 30 heavy (non-hydrogen) atoms. The van der Waals surface area contributed by atoms with Crippen molar-refractivity contribution in [2.75, 3.05) is 36.5 Å². The zero-order valence-electron chi connectivity index (χ0n) is 18.0. The predicted molar refractivity (Wildman–Crippen MR) is 119 cm³/mol. The molecule has 6 nitrogen and oxygen atoms in total. The Hall–Kier alpha value is -2.57. The molecule has 3 N–H and O–H groups in total. The normalized spacial score (nSPS) is 16.0. The summed E-state index contributed by atoms with van der Waals surface area (Å²) in [4.78, 5) is 14.4. The molecule has 3 rings (SSSR count). The van der Waals surface area contributed by atoms with Gasteiger partial charge in [0.05, 0.1) is 25.4 Å². The van der Waals surface area contributed by atoms with E-state index in [0.717, 1.165) is 11.3 Å². The largest absolute Gasteiger partial charge is 0.484 e. The lowest BCUT2D eigenvalue weighted by atomic mass is 9.86. The van der Waals surface area contributed by atoms with Crippen molar-refractivity contribution in [1.82, 2.24) is 0 Å². The molecule has 0 radical (unpaired) electrons. The minimum atomic E-state index is -0.325. The Balaban J connectivity index is 1.61. The van der Waals surface area contributed by atoms with Gasteiger partial charge in [-0.15, -0.1) is 0 Å². The number of nitrogens with zero attached hydrogens (tertiary/aromatic N) is 1. The number of anilines is 2. The number of carbonyl (C=O) groups is 1. The summed E-state index contributed by atoms with van der Waals surface area (Å²) in [6.45, 7) is 7.40. The Kier molecular flexibility index (Phi) is 7.00. The number of hydrogen-bond donors (Lipinski definition) is 3. The highest BCUT2D eigenvalue weighted by Gasteiger charge is 2.25. The molecule has 0 fully saturated rings. The van der Waals surface area contributed by atoms with Crippen LogP contribution >= 0.6 is 0 Å². The summed E-state index contributed by atoms with van der Waals surface area (Å²) in [7, 11) is 0. The van der Waals surface area contributed by atoms with E-state index in [1.807, 2.05) is 11.0 Å². The van der Waals surface area contributed by atoms with E-state index in [1.165, 1.54) is 5.56 Å². The fraction of sp³-hybridized carbons (Fsp3) is 0.458. The maximum atomic E-state index is 12.5. The van der Waals surface area contributed by atoms with Gasteiger partial charge < -0.3 is 25.2 Å². The minimum Gasteiger partial charge on any atom is -0.484 e. The Bertz CT molecular complexity index is 858. The Morgan fingerprint density at radius 1 is 1.17 bits per heavy atom. The molecule has 162 valence electrons. The molecule has 1 aliphatic rings. The first-order valence-electron chi connectivity index (χ1n) is 10.5. The van der Waals surface area contributed by atoms with Crippen molar-refractivity contribution in [1.29, 1.82) is 0 Å². The van der Waals surface area contributed by atoms with E-state index in [0.29, 0.717) is 37.4 Å². The lowest BCUT2D eigenvalue weighted by molar-refractivity contribution is -0.116. The van der Waals surface area contributed by atoms with Gasteiger partial charge >= 0.3 is 0 Å². The summed E-state index contributed by atoms with van der Waals surface area (Å²) in [5.41, 5.74) is 4.04. The van der Waals surface area contributed by atoms with Gasteiger partial charge in [-0.2, -0.15) is 0 Å². The third-order valence-corrected chi connectivity index (χ3v) is 5.34. The number of amides is 1. The van der Waals surface area contributed by atoms with Crippen molar-refractivity contribution in [2.45, 2.75) is 45.1 Å². The second-order valence-electron chi connectivity index (χ2n) is 8.77. The number of aliphatic hydroxyl groups excluding tert-OH is 2. The molecule has 2 aromatic carbocycles. The highest BCUT2D eigenvalue weighted by Crippen LogP contribution is 2.35. The third kappa shape index (κ3) is 5.52. The van der Waals surface area contributed by atoms with Crippen LogP contribution in [0.1, 0.15) is 38.3 Å². The minimum absolute atomic E-state index is 0.00216. The van der Waals surface area contributed by atoms with E-state index in [1.54, 1.807) is 12.1 Å². The number of nitrogens with one attached hydrogen (secondary N) is 1. The van der Waals surface area contributed by atoms with Crippen LogP contribution in [0.3, 0.4) is 0 Å². The zero-order valence-corrected chi connectivity index (χ0v) is 18.0. The lowest BCUT2D eigenvalue weighted by Crippen LogP contribution is -2.43. The SMILES string of the molecule is CC(C)(C)c1ccc(CCC(=O)Nc2ccc3c(c2)N(CCO)CC(CO)O3)cc1. The average Bonchev–Trinajstić information content (AvgIpc) is 2.72. The maximum Gasteiger partial charge on any atom is 0.224 e. The number of aryl methyl sites for hydroxylation is 1. The van der Waals surface area contributed by atoms with Gasteiger partial charge in [0.1, 0.15) is 11.9 Å². The van der Waals surface area contributed by atoms with E-state index in [2.05, 4.69) is 50.4 Å². The van der Waals surface area contributed by atoms with E-state index < -0.39 is 0 Å². The molecule has 0 saturated heterocycles. The van der Waals surface area contributed by atoms with Crippen LogP contribution in [0.25, 0.3) is 0 Å². The van der Waals surface area contributed by atoms with Crippen LogP contribution in [0, 0.1) is 0 Å². The maximum absolute atomic E-state index is 12.5. The molecule has 0 bridgehead atoms. The van der Waals surface area contributed by atoms with Gasteiger partial charge in [0.25, 0.3) is 0 Å². The van der Waals surface area contributed by atoms with Gasteiger partial charge in [-0.25, -0.2) is 0 Å². The Labute approximate surface area is 178 Å². The van der Waals surface area contributed by atoms with Crippen molar-refractivity contribution in [3.8, 4) is 5.75 Å². The summed E-state index contributed by atoms with van der Waals surface area (Å²) in [5.74, 6) is 0.596. The molecular weight excluding hydrogens is 380 g/mol. The Morgan fingerprint density at radius 2 is 1.90 bits per heavy atom. The van der Waals surface area contributed by atoms with Crippen LogP contribution in [-0.2, 0) is 16.6 Å². The summed E-state index contributed by atoms with van der Waals surface area (Å²) in [6, 6.07) is 13.9. The molecule has 1 aliphatic heterocycles. The molecule has 1 heterocycles. The molecule has 6 heteroatoms. The Morgan fingerprint density at radius 3 is 2.53 bits per heavy atom. The highest BCUT2D eigenvalue weighted by molar-refractivity contribution is 5.91. The van der Waals surface area contributed by atoms with Crippen molar-refractivity contribution in [2.24, 2.45) is 0 Å². The monoisotopic (exact) mass is 412 g/mol. The van der Waals surface area contributed by atoms with E-state index >= 15 is 0 Å². The summed E-state index contributed by atoms with van der Waals surface area (Å²) < 4.78 is 5.77. The standard InChI is InChI=1S/C24H32N2O4/c1-24(2,3)18-7-4-17(5-8-18)6-11-23(29)25-19-9-10-22-21(14-19)26(12-13-27)15-20(16-28)30-22/h4-5,7-10,14,20,27-28H,6,11-13,15-16H2,1-3H3,(H,25,29). The quantitative estimate of drug-likeness (QED) is 0.651. The van der Waals surface area contributed by atoms with E-state index in [4.69, 9.17) is 4.74 Å². The molecule has 1 amide bonds. The van der Waals surface area contributed by atoms with Crippen LogP contribution in [-0.4, -0.2) is 48.5 Å². The van der Waals surface area contributed by atoms with Crippen LogP contribution in [0.5, 0.6) is 5.75 Å². The molecule has 0 saturated carbocycles. The number of aliphatic hydroxyl groups is 2. The van der Waals surface area contributed by atoms with Crippen LogP contribution in [0.2, 0.25) is 0 Å². The van der Waals surface area contributed by atoms with Gasteiger partial charge in [0.15, 0.2) is 0 Å². The van der Waals surface area contributed by atoms with Crippen molar-refractivity contribution >= 4 is 17.3 Å². The number of carbonyl (C=O) groups excluding carboxylic acids is 1. The van der Waals surface area contributed by atoms with Crippen molar-refractivity contribution < 1.29 is 19.7 Å². The van der Waals surface area contributed by atoms with Gasteiger partial charge in [-0.1, -0.05) is 45.0 Å². The molecule has 1 atom stereocenters. The number of benzene rings is 2. The zero-order chi connectivity index (χ0) is 21.7. The number of rotatable bonds is 7. The van der Waals surface area contributed by atoms with Gasteiger partial charge in [-0.3, -0.25) is 4.79 Å². The number of ether oxygens (including phenoxy) is 1. The predicted octanol–water partition coefficient (Wildman–Crippen LogP) is 3.11. The first-order valence-corrected chi connectivity index (χ1v) is 10.5. The molecule has 0 spiro atoms. The molecule has 0 aromatic heterocycles. The summed E-state index contributed by atoms with van der Waals surface area (Å²) in [6.07, 6.45) is 0.753. The lowest BCUT2D eigenvalue weighted by Gasteiger charge is -2.35. The fourth-order valence-electron chi connectivity index (χ4n) is 3.58. The van der Waals surface area contributed by atoms with Crippen molar-refractivity contribution in [3.63, 3.8) is 0 Å². The fourth-order valence-corrected chi connectivity index (χ4v) is 3.58. The number of fused-ring (bicyclic) bond motifs is 1. The summed E-state index contributed by atoms with van der Waals surface area (Å²) >= 11 is 0. The second kappa shape index (κ2) is 9.49. The second-order valence-corrected chi connectivity index (χ2v) is 8.77. The van der Waals surface area contributed by atoms with Crippen molar-refractivity contribution in [3.05, 3.63) is 53.6 Å². The number of hydrogen-bond acceptors (Lipinski definition) is 5. The van der Waals surface area contributed by atoms with E-state index in [-0.39, 0.29) is 30.6 Å². The summed E-state index contributed by atoms with van der Waals surface area (Å²) in [5, 5.41) is 21.7.